The lowest BCUT2D eigenvalue weighted by atomic mass is 9.93. The highest BCUT2D eigenvalue weighted by Crippen LogP contribution is 2.36. The number of carbonyl (C=O) groups is 2. The smallest absolute Gasteiger partial charge is 0.305 e. The van der Waals surface area contributed by atoms with Crippen molar-refractivity contribution in [2.24, 2.45) is 23.7 Å². The van der Waals surface area contributed by atoms with Crippen LogP contribution in [0.15, 0.2) is 0 Å². The molecule has 0 aliphatic carbocycles. The van der Waals surface area contributed by atoms with Gasteiger partial charge in [-0.2, -0.15) is 0 Å². The molecule has 0 radical (unpaired) electrons. The number of ether oxygens (including phenoxy) is 2. The summed E-state index contributed by atoms with van der Waals surface area (Å²) in [6.45, 7) is 23.2. The van der Waals surface area contributed by atoms with Crippen LogP contribution in [0, 0.1) is 23.7 Å². The molecule has 0 aromatic rings. The lowest BCUT2D eigenvalue weighted by molar-refractivity contribution is -0.144. The molecule has 0 aromatic carbocycles. The van der Waals surface area contributed by atoms with Crippen LogP contribution in [0.1, 0.15) is 376 Å². The van der Waals surface area contributed by atoms with Gasteiger partial charge in [-0.25, -0.2) is 0 Å². The van der Waals surface area contributed by atoms with Gasteiger partial charge >= 0.3 is 11.9 Å². The van der Waals surface area contributed by atoms with E-state index in [0.29, 0.717) is 35.2 Å². The summed E-state index contributed by atoms with van der Waals surface area (Å²) >= 11 is 8.62. The van der Waals surface area contributed by atoms with E-state index in [1.165, 1.54) is 254 Å². The van der Waals surface area contributed by atoms with Gasteiger partial charge in [-0.05, 0) is 143 Å². The minimum Gasteiger partial charge on any atom is -0.466 e. The standard InChI is InChI=1S/C76H151NO5S4/c1-9-17-29-43-69(44-30-18-10-2)55-65-83-75(84-66-56-70(45-31-19-11-3)46-32-20-12-4)53-51-73(79)81-63-41-27-25-37-59-77(61-39-40-62-78)60-38-26-28-42-64-82-74(80)52-54-76(85-67-57-71(47-33-21-13-5)48-34-22-14-6)86-68-58-72(49-35-23-15-7)50-36-24-16-8/h69-72,75-76,78H,9-68H2,1-8H3. The molecule has 0 saturated heterocycles. The van der Waals surface area contributed by atoms with Gasteiger partial charge in [-0.3, -0.25) is 9.59 Å². The molecule has 0 amide bonds. The fraction of sp³-hybridized carbons (Fsp3) is 0.974. The summed E-state index contributed by atoms with van der Waals surface area (Å²) in [5.74, 6) is 8.33. The Morgan fingerprint density at radius 2 is 0.547 bits per heavy atom. The third-order valence-electron chi connectivity index (χ3n) is 18.4. The zero-order valence-corrected chi connectivity index (χ0v) is 62.3. The molecule has 0 aliphatic heterocycles. The molecule has 10 heteroatoms. The Balaban J connectivity index is 5.03. The van der Waals surface area contributed by atoms with E-state index in [0.717, 1.165) is 120 Å². The lowest BCUT2D eigenvalue weighted by Gasteiger charge is -2.22. The average molecular weight is 1290 g/mol. The molecule has 0 spiro atoms. The highest BCUT2D eigenvalue weighted by atomic mass is 32.2. The van der Waals surface area contributed by atoms with Crippen LogP contribution in [0.5, 0.6) is 0 Å². The van der Waals surface area contributed by atoms with E-state index in [1.807, 2.05) is 0 Å². The largest absolute Gasteiger partial charge is 0.466 e. The molecule has 514 valence electrons. The van der Waals surface area contributed by atoms with Gasteiger partial charge in [0.1, 0.15) is 0 Å². The van der Waals surface area contributed by atoms with Crippen molar-refractivity contribution >= 4 is 59.0 Å². The van der Waals surface area contributed by atoms with Crippen LogP contribution < -0.4 is 0 Å². The number of unbranched alkanes of at least 4 members (excludes halogenated alkanes) is 23. The van der Waals surface area contributed by atoms with Crippen molar-refractivity contribution in [2.75, 3.05) is 62.5 Å². The highest BCUT2D eigenvalue weighted by molar-refractivity contribution is 8.17. The number of hydrogen-bond donors (Lipinski definition) is 1. The number of rotatable bonds is 72. The van der Waals surface area contributed by atoms with Crippen LogP contribution in [0.2, 0.25) is 0 Å². The van der Waals surface area contributed by atoms with Crippen LogP contribution in [0.3, 0.4) is 0 Å². The molecule has 0 bridgehead atoms. The number of thioether (sulfide) groups is 4. The Morgan fingerprint density at radius 1 is 0.302 bits per heavy atom. The van der Waals surface area contributed by atoms with Crippen molar-refractivity contribution in [2.45, 2.75) is 386 Å². The summed E-state index contributed by atoms with van der Waals surface area (Å²) < 4.78 is 12.7. The first-order valence-corrected chi connectivity index (χ1v) is 42.5. The van der Waals surface area contributed by atoms with Gasteiger partial charge in [0.2, 0.25) is 0 Å². The summed E-state index contributed by atoms with van der Waals surface area (Å²) in [7, 11) is 0. The molecule has 6 nitrogen and oxygen atoms in total. The van der Waals surface area contributed by atoms with Gasteiger partial charge in [0.15, 0.2) is 0 Å². The van der Waals surface area contributed by atoms with Gasteiger partial charge in [0, 0.05) is 19.4 Å². The normalized spacial score (nSPS) is 12.1. The molecule has 0 aliphatic rings. The van der Waals surface area contributed by atoms with Gasteiger partial charge in [-0.1, -0.05) is 287 Å². The van der Waals surface area contributed by atoms with Crippen LogP contribution >= 0.6 is 47.0 Å². The number of aliphatic hydroxyl groups is 1. The third kappa shape index (κ3) is 59.3. The Bertz CT molecular complexity index is 1170. The van der Waals surface area contributed by atoms with E-state index in [9.17, 15) is 14.7 Å². The zero-order chi connectivity index (χ0) is 62.9. The van der Waals surface area contributed by atoms with E-state index in [-0.39, 0.29) is 18.5 Å². The Kier molecular flexibility index (Phi) is 69.8. The van der Waals surface area contributed by atoms with E-state index in [4.69, 9.17) is 9.47 Å². The summed E-state index contributed by atoms with van der Waals surface area (Å²) in [4.78, 5) is 29.0. The van der Waals surface area contributed by atoms with Crippen LogP contribution in [0.4, 0.5) is 0 Å². The van der Waals surface area contributed by atoms with Gasteiger partial charge in [0.25, 0.3) is 0 Å². The predicted molar refractivity (Wildman–Crippen MR) is 393 cm³/mol. The van der Waals surface area contributed by atoms with E-state index in [2.05, 4.69) is 107 Å². The topological polar surface area (TPSA) is 76.1 Å². The summed E-state index contributed by atoms with van der Waals surface area (Å²) in [5.41, 5.74) is 0. The minimum atomic E-state index is 0.000430. The maximum absolute atomic E-state index is 13.2. The first-order valence-electron chi connectivity index (χ1n) is 38.3. The molecule has 0 rings (SSSR count). The van der Waals surface area contributed by atoms with Gasteiger partial charge in [0.05, 0.1) is 22.4 Å². The second-order valence-electron chi connectivity index (χ2n) is 26.5. The first-order chi connectivity index (χ1) is 42.2. The number of carbonyl (C=O) groups excluding carboxylic acids is 2. The number of hydrogen-bond acceptors (Lipinski definition) is 10. The molecule has 0 saturated carbocycles. The van der Waals surface area contributed by atoms with Crippen molar-refractivity contribution in [3.8, 4) is 0 Å². The minimum absolute atomic E-state index is 0.000430. The maximum Gasteiger partial charge on any atom is 0.305 e. The summed E-state index contributed by atoms with van der Waals surface area (Å²) in [5, 5.41) is 9.53. The molecule has 0 unspecified atom stereocenters. The number of aliphatic hydroxyl groups excluding tert-OH is 1. The Labute approximate surface area is 556 Å². The second-order valence-corrected chi connectivity index (χ2v) is 32.4. The molecule has 86 heavy (non-hydrogen) atoms. The van der Waals surface area contributed by atoms with E-state index in [1.54, 1.807) is 0 Å². The van der Waals surface area contributed by atoms with Gasteiger partial charge in [-0.15, -0.1) is 47.0 Å². The van der Waals surface area contributed by atoms with Crippen LogP contribution in [-0.4, -0.2) is 93.6 Å². The van der Waals surface area contributed by atoms with Crippen molar-refractivity contribution in [1.82, 2.24) is 4.90 Å². The molecule has 0 aromatic heterocycles. The molecule has 0 fully saturated rings. The Morgan fingerprint density at radius 3 is 0.791 bits per heavy atom. The molecular formula is C76H151NO5S4. The fourth-order valence-corrected chi connectivity index (χ4v) is 18.4. The monoisotopic (exact) mass is 1290 g/mol. The molecular weight excluding hydrogens is 1140 g/mol. The van der Waals surface area contributed by atoms with E-state index >= 15 is 0 Å². The van der Waals surface area contributed by atoms with Crippen LogP contribution in [0.25, 0.3) is 0 Å². The van der Waals surface area contributed by atoms with Crippen molar-refractivity contribution < 1.29 is 24.2 Å². The second kappa shape index (κ2) is 69.6. The summed E-state index contributed by atoms with van der Waals surface area (Å²) in [6, 6.07) is 0. The SMILES string of the molecule is CCCCCC(CCCCC)CCSC(CCC(=O)OCCCCCCN(CCCCO)CCCCCCOC(=O)CCC(SCCC(CCCCC)CCCCC)SCCC(CCCCC)CCCCC)SCCC(CCCCC)CCCCC. The average Bonchev–Trinajstić information content (AvgIpc) is 3.53. The van der Waals surface area contributed by atoms with Crippen molar-refractivity contribution in [3.05, 3.63) is 0 Å². The predicted octanol–water partition coefficient (Wildman–Crippen LogP) is 25.1. The number of nitrogens with zero attached hydrogens (tertiary/aromatic N) is 1. The highest BCUT2D eigenvalue weighted by Gasteiger charge is 2.20. The quantitative estimate of drug-likeness (QED) is 0.0362. The first kappa shape index (κ1) is 86.3. The number of esters is 2. The molecule has 1 N–H and O–H groups in total. The van der Waals surface area contributed by atoms with Crippen molar-refractivity contribution in [1.29, 1.82) is 0 Å². The van der Waals surface area contributed by atoms with Gasteiger partial charge < -0.3 is 19.5 Å². The molecule has 0 atom stereocenters. The van der Waals surface area contributed by atoms with Crippen molar-refractivity contribution in [3.63, 3.8) is 0 Å². The van der Waals surface area contributed by atoms with Crippen LogP contribution in [-0.2, 0) is 19.1 Å². The van der Waals surface area contributed by atoms with E-state index < -0.39 is 0 Å². The fourth-order valence-electron chi connectivity index (χ4n) is 12.4. The zero-order valence-electron chi connectivity index (χ0n) is 59.1. The lowest BCUT2D eigenvalue weighted by Crippen LogP contribution is -2.27. The third-order valence-corrected chi connectivity index (χ3v) is 24.3. The molecule has 0 heterocycles. The Hall–Kier alpha value is 0.260. The summed E-state index contributed by atoms with van der Waals surface area (Å²) in [6.07, 6.45) is 62.3. The maximum atomic E-state index is 13.2.